The molecule has 2 N–H and O–H groups in total. The summed E-state index contributed by atoms with van der Waals surface area (Å²) in [6, 6.07) is 9.14. The zero-order valence-electron chi connectivity index (χ0n) is 11.2. The number of rotatable bonds is 5. The Morgan fingerprint density at radius 3 is 2.58 bits per heavy atom. The first-order chi connectivity index (χ1) is 9.08. The van der Waals surface area contributed by atoms with Gasteiger partial charge < -0.3 is 5.32 Å². The van der Waals surface area contributed by atoms with E-state index in [0.29, 0.717) is 6.42 Å². The molecule has 5 nitrogen and oxygen atoms in total. The molecule has 1 atom stereocenters. The maximum Gasteiger partial charge on any atom is 0.325 e. The molecule has 1 heterocycles. The van der Waals surface area contributed by atoms with Gasteiger partial charge in [-0.1, -0.05) is 30.3 Å². The van der Waals surface area contributed by atoms with Gasteiger partial charge in [0.2, 0.25) is 0 Å². The minimum absolute atomic E-state index is 0.165. The van der Waals surface area contributed by atoms with Crippen LogP contribution in [0.15, 0.2) is 30.3 Å². The maximum absolute atomic E-state index is 12.1. The van der Waals surface area contributed by atoms with Crippen LogP contribution in [0.25, 0.3) is 0 Å². The third-order valence-electron chi connectivity index (χ3n) is 3.05. The molecule has 3 amide bonds. The molecule has 0 aromatic heterocycles. The lowest BCUT2D eigenvalue weighted by Crippen LogP contribution is -2.41. The van der Waals surface area contributed by atoms with E-state index in [9.17, 15) is 9.59 Å². The van der Waals surface area contributed by atoms with Crippen molar-refractivity contribution in [1.82, 2.24) is 15.5 Å². The van der Waals surface area contributed by atoms with Crippen molar-refractivity contribution in [2.24, 2.45) is 0 Å². The zero-order chi connectivity index (χ0) is 13.8. The molecule has 5 heteroatoms. The molecule has 0 radical (unpaired) electrons. The summed E-state index contributed by atoms with van der Waals surface area (Å²) in [5.74, 6) is -0.165. The number of benzene rings is 1. The van der Waals surface area contributed by atoms with Crippen molar-refractivity contribution < 1.29 is 9.59 Å². The second-order valence-corrected chi connectivity index (χ2v) is 4.98. The third-order valence-corrected chi connectivity index (χ3v) is 3.05. The van der Waals surface area contributed by atoms with E-state index in [2.05, 4.69) is 10.6 Å². The molecule has 1 aliphatic heterocycles. The molecule has 19 heavy (non-hydrogen) atoms. The number of nitrogens with zero attached hydrogens (tertiary/aromatic N) is 1. The molecule has 1 aliphatic rings. The van der Waals surface area contributed by atoms with Gasteiger partial charge in [-0.05, 0) is 19.4 Å². The summed E-state index contributed by atoms with van der Waals surface area (Å²) < 4.78 is 0. The lowest BCUT2D eigenvalue weighted by atomic mass is 10.1. The summed E-state index contributed by atoms with van der Waals surface area (Å²) >= 11 is 0. The van der Waals surface area contributed by atoms with Gasteiger partial charge >= 0.3 is 6.03 Å². The van der Waals surface area contributed by atoms with Crippen molar-refractivity contribution in [2.75, 3.05) is 6.67 Å². The van der Waals surface area contributed by atoms with Crippen LogP contribution in [0.2, 0.25) is 0 Å². The van der Waals surface area contributed by atoms with Gasteiger partial charge in [0.25, 0.3) is 5.91 Å². The van der Waals surface area contributed by atoms with Crippen molar-refractivity contribution in [3.63, 3.8) is 0 Å². The van der Waals surface area contributed by atoms with Gasteiger partial charge in [-0.25, -0.2) is 9.69 Å². The van der Waals surface area contributed by atoms with Crippen molar-refractivity contribution in [3.8, 4) is 0 Å². The zero-order valence-corrected chi connectivity index (χ0v) is 11.2. The molecule has 1 unspecified atom stereocenters. The normalized spacial score (nSPS) is 19.1. The molecular weight excluding hydrogens is 242 g/mol. The van der Waals surface area contributed by atoms with Crippen LogP contribution in [0.1, 0.15) is 19.4 Å². The van der Waals surface area contributed by atoms with Gasteiger partial charge in [0.1, 0.15) is 6.04 Å². The van der Waals surface area contributed by atoms with Crippen LogP contribution in [0.3, 0.4) is 0 Å². The molecule has 0 bridgehead atoms. The molecule has 1 aromatic carbocycles. The number of urea groups is 1. The lowest BCUT2D eigenvalue weighted by molar-refractivity contribution is -0.127. The van der Waals surface area contributed by atoms with Crippen LogP contribution in [-0.2, 0) is 11.2 Å². The second kappa shape index (κ2) is 5.84. The van der Waals surface area contributed by atoms with Crippen LogP contribution in [0, 0.1) is 0 Å². The van der Waals surface area contributed by atoms with Gasteiger partial charge in [-0.2, -0.15) is 0 Å². The number of carbonyl (C=O) groups excluding carboxylic acids is 2. The van der Waals surface area contributed by atoms with Crippen LogP contribution >= 0.6 is 0 Å². The van der Waals surface area contributed by atoms with Crippen molar-refractivity contribution in [1.29, 1.82) is 0 Å². The Balaban J connectivity index is 1.98. The minimum atomic E-state index is -0.455. The molecule has 2 rings (SSSR count). The largest absolute Gasteiger partial charge is 0.325 e. The summed E-state index contributed by atoms with van der Waals surface area (Å²) in [7, 11) is 0. The first kappa shape index (κ1) is 13.5. The van der Waals surface area contributed by atoms with Crippen molar-refractivity contribution in [3.05, 3.63) is 35.9 Å². The van der Waals surface area contributed by atoms with Crippen LogP contribution in [-0.4, -0.2) is 35.6 Å². The first-order valence-electron chi connectivity index (χ1n) is 6.47. The molecule has 0 saturated carbocycles. The van der Waals surface area contributed by atoms with Crippen molar-refractivity contribution in [2.45, 2.75) is 32.4 Å². The molecule has 0 aliphatic carbocycles. The Bertz CT molecular complexity index is 459. The Morgan fingerprint density at radius 1 is 1.26 bits per heavy atom. The van der Waals surface area contributed by atoms with Gasteiger partial charge in [-0.15, -0.1) is 0 Å². The summed E-state index contributed by atoms with van der Waals surface area (Å²) in [6.45, 7) is 4.20. The highest BCUT2D eigenvalue weighted by Gasteiger charge is 2.37. The van der Waals surface area contributed by atoms with E-state index in [-0.39, 0.29) is 24.6 Å². The van der Waals surface area contributed by atoms with E-state index < -0.39 is 6.04 Å². The smallest absolute Gasteiger partial charge is 0.325 e. The highest BCUT2D eigenvalue weighted by Crippen LogP contribution is 2.11. The first-order valence-corrected chi connectivity index (χ1v) is 6.47. The highest BCUT2D eigenvalue weighted by molar-refractivity contribution is 6.04. The van der Waals surface area contributed by atoms with Crippen LogP contribution in [0.4, 0.5) is 4.79 Å². The number of nitrogens with one attached hydrogen (secondary N) is 2. The second-order valence-electron chi connectivity index (χ2n) is 4.98. The average Bonchev–Trinajstić information content (AvgIpc) is 2.63. The molecular formula is C14H19N3O2. The van der Waals surface area contributed by atoms with Crippen molar-refractivity contribution >= 4 is 11.9 Å². The molecule has 1 fully saturated rings. The summed E-state index contributed by atoms with van der Waals surface area (Å²) in [4.78, 5) is 25.1. The predicted octanol–water partition coefficient (Wildman–Crippen LogP) is 1.10. The SMILES string of the molecule is CC(C)NCN1C(=O)NC(Cc2ccccc2)C1=O. The molecule has 1 aromatic rings. The molecule has 0 spiro atoms. The number of carbonyl (C=O) groups is 2. The Kier molecular flexibility index (Phi) is 4.16. The fourth-order valence-corrected chi connectivity index (χ4v) is 1.99. The van der Waals surface area contributed by atoms with Gasteiger partial charge in [0.15, 0.2) is 0 Å². The molecule has 1 saturated heterocycles. The third kappa shape index (κ3) is 3.32. The standard InChI is InChI=1S/C14H19N3O2/c1-10(2)15-9-17-13(18)12(16-14(17)19)8-11-6-4-3-5-7-11/h3-7,10,12,15H,8-9H2,1-2H3,(H,16,19). The van der Waals surface area contributed by atoms with Gasteiger partial charge in [0.05, 0.1) is 6.67 Å². The quantitative estimate of drug-likeness (QED) is 0.780. The number of hydrogen-bond acceptors (Lipinski definition) is 3. The number of amides is 3. The fraction of sp³-hybridized carbons (Fsp3) is 0.429. The van der Waals surface area contributed by atoms with Crippen LogP contribution in [0.5, 0.6) is 0 Å². The maximum atomic E-state index is 12.1. The average molecular weight is 261 g/mol. The van der Waals surface area contributed by atoms with E-state index in [4.69, 9.17) is 0 Å². The summed E-state index contributed by atoms with van der Waals surface area (Å²) in [6.07, 6.45) is 0.531. The van der Waals surface area contributed by atoms with Gasteiger partial charge in [-0.3, -0.25) is 10.1 Å². The Labute approximate surface area is 113 Å². The number of imide groups is 1. The predicted molar refractivity (Wildman–Crippen MR) is 72.5 cm³/mol. The molecule has 102 valence electrons. The van der Waals surface area contributed by atoms with Gasteiger partial charge in [0, 0.05) is 12.5 Å². The van der Waals surface area contributed by atoms with E-state index >= 15 is 0 Å². The van der Waals surface area contributed by atoms with E-state index in [0.717, 1.165) is 5.56 Å². The fourth-order valence-electron chi connectivity index (χ4n) is 1.99. The Morgan fingerprint density at radius 2 is 1.95 bits per heavy atom. The van der Waals surface area contributed by atoms with E-state index in [1.54, 1.807) is 0 Å². The Hall–Kier alpha value is -1.88. The minimum Gasteiger partial charge on any atom is -0.325 e. The topological polar surface area (TPSA) is 61.4 Å². The van der Waals surface area contributed by atoms with E-state index in [1.165, 1.54) is 4.90 Å². The van der Waals surface area contributed by atoms with E-state index in [1.807, 2.05) is 44.2 Å². The lowest BCUT2D eigenvalue weighted by Gasteiger charge is -2.15. The monoisotopic (exact) mass is 261 g/mol. The highest BCUT2D eigenvalue weighted by atomic mass is 16.2. The summed E-state index contributed by atoms with van der Waals surface area (Å²) in [5, 5.41) is 5.80. The van der Waals surface area contributed by atoms with Crippen LogP contribution < -0.4 is 10.6 Å². The summed E-state index contributed by atoms with van der Waals surface area (Å²) in [5.41, 5.74) is 1.04. The number of hydrogen-bond donors (Lipinski definition) is 2.